The number of nitrogens with one attached hydrogen (secondary N) is 2. The molecule has 0 unspecified atom stereocenters. The number of thiocarbonyl (C=S) groups is 1. The summed E-state index contributed by atoms with van der Waals surface area (Å²) in [6.45, 7) is 4.11. The van der Waals surface area contributed by atoms with Gasteiger partial charge in [0.25, 0.3) is 5.56 Å². The monoisotopic (exact) mass is 499 g/mol. The molecule has 0 saturated carbocycles. The summed E-state index contributed by atoms with van der Waals surface area (Å²) in [4.78, 5) is 18.1. The molecule has 7 heteroatoms. The Morgan fingerprint density at radius 1 is 0.972 bits per heavy atom. The minimum absolute atomic E-state index is 0.131. The summed E-state index contributed by atoms with van der Waals surface area (Å²) in [5, 5.41) is 4.94. The van der Waals surface area contributed by atoms with Crippen molar-refractivity contribution in [1.82, 2.24) is 15.2 Å². The van der Waals surface area contributed by atoms with Crippen LogP contribution in [0.15, 0.2) is 77.6 Å². The Hall–Kier alpha value is -3.84. The molecule has 0 fully saturated rings. The third-order valence-electron chi connectivity index (χ3n) is 6.35. The number of benzene rings is 3. The molecule has 0 radical (unpaired) electrons. The van der Waals surface area contributed by atoms with Crippen LogP contribution in [0, 0.1) is 6.92 Å². The van der Waals surface area contributed by atoms with E-state index in [-0.39, 0.29) is 12.4 Å². The van der Waals surface area contributed by atoms with Gasteiger partial charge in [0.1, 0.15) is 0 Å². The average Bonchev–Trinajstić information content (AvgIpc) is 3.33. The van der Waals surface area contributed by atoms with Gasteiger partial charge in [0.05, 0.1) is 12.1 Å². The van der Waals surface area contributed by atoms with Crippen molar-refractivity contribution in [1.29, 1.82) is 0 Å². The fourth-order valence-electron chi connectivity index (χ4n) is 4.42. The number of rotatable bonds is 8. The molecule has 0 amide bonds. The van der Waals surface area contributed by atoms with Gasteiger partial charge < -0.3 is 24.7 Å². The summed E-state index contributed by atoms with van der Waals surface area (Å²) in [7, 11) is 0. The molecule has 36 heavy (non-hydrogen) atoms. The van der Waals surface area contributed by atoms with Crippen LogP contribution in [0.4, 0.5) is 0 Å². The molecule has 0 bridgehead atoms. The molecule has 2 heterocycles. The average molecular weight is 500 g/mol. The number of ether oxygens (including phenoxy) is 2. The quantitative estimate of drug-likeness (QED) is 0.342. The highest BCUT2D eigenvalue weighted by atomic mass is 32.1. The van der Waals surface area contributed by atoms with Crippen LogP contribution in [0.3, 0.4) is 0 Å². The maximum atomic E-state index is 13.0. The third kappa shape index (κ3) is 5.69. The first-order valence-electron chi connectivity index (χ1n) is 12.1. The second-order valence-corrected chi connectivity index (χ2v) is 9.43. The van der Waals surface area contributed by atoms with Crippen molar-refractivity contribution in [2.24, 2.45) is 0 Å². The van der Waals surface area contributed by atoms with E-state index < -0.39 is 0 Å². The Morgan fingerprint density at radius 3 is 2.56 bits per heavy atom. The molecule has 5 rings (SSSR count). The molecule has 1 aliphatic heterocycles. The second kappa shape index (κ2) is 10.8. The molecule has 0 atom stereocenters. The number of nitrogens with zero attached hydrogens (tertiary/aromatic N) is 1. The highest BCUT2D eigenvalue weighted by molar-refractivity contribution is 7.80. The van der Waals surface area contributed by atoms with Gasteiger partial charge in [-0.2, -0.15) is 0 Å². The molecule has 6 nitrogen and oxygen atoms in total. The number of pyridine rings is 1. The van der Waals surface area contributed by atoms with Crippen LogP contribution < -0.4 is 20.3 Å². The molecule has 3 aromatic carbocycles. The summed E-state index contributed by atoms with van der Waals surface area (Å²) < 4.78 is 11.0. The predicted octanol–water partition coefficient (Wildman–Crippen LogP) is 4.73. The van der Waals surface area contributed by atoms with E-state index >= 15 is 0 Å². The molecule has 1 aromatic heterocycles. The summed E-state index contributed by atoms with van der Waals surface area (Å²) in [6, 6.07) is 24.4. The molecule has 184 valence electrons. The first-order chi connectivity index (χ1) is 17.5. The van der Waals surface area contributed by atoms with Gasteiger partial charge in [-0.05, 0) is 55.2 Å². The molecule has 0 spiro atoms. The van der Waals surface area contributed by atoms with E-state index in [2.05, 4.69) is 58.5 Å². The largest absolute Gasteiger partial charge is 0.454 e. The van der Waals surface area contributed by atoms with Crippen LogP contribution in [0.1, 0.15) is 22.3 Å². The van der Waals surface area contributed by atoms with Crippen LogP contribution in [0.25, 0.3) is 10.9 Å². The number of aryl methyl sites for hydroxylation is 1. The van der Waals surface area contributed by atoms with E-state index in [0.29, 0.717) is 35.3 Å². The zero-order valence-corrected chi connectivity index (χ0v) is 21.1. The predicted molar refractivity (Wildman–Crippen MR) is 147 cm³/mol. The SMILES string of the molecule is Cc1cccc(CCN(Cc2cc3cc4c(cc3[nH]c2=O)OCO4)C(=S)NCCc2ccccc2)c1. The first kappa shape index (κ1) is 23.9. The van der Waals surface area contributed by atoms with Crippen LogP contribution in [0.2, 0.25) is 0 Å². The van der Waals surface area contributed by atoms with Gasteiger partial charge in [0, 0.05) is 30.1 Å². The van der Waals surface area contributed by atoms with Gasteiger partial charge in [0.2, 0.25) is 6.79 Å². The molecule has 1 aliphatic rings. The number of H-pyrrole nitrogens is 1. The van der Waals surface area contributed by atoms with Crippen molar-refractivity contribution in [3.05, 3.63) is 105 Å². The van der Waals surface area contributed by atoms with Crippen LogP contribution in [0.5, 0.6) is 11.5 Å². The van der Waals surface area contributed by atoms with Gasteiger partial charge in [-0.15, -0.1) is 0 Å². The smallest absolute Gasteiger partial charge is 0.253 e. The van der Waals surface area contributed by atoms with E-state index in [1.54, 1.807) is 0 Å². The Bertz CT molecular complexity index is 1440. The van der Waals surface area contributed by atoms with Gasteiger partial charge in [0.15, 0.2) is 16.6 Å². The first-order valence-corrected chi connectivity index (χ1v) is 12.5. The number of hydrogen-bond acceptors (Lipinski definition) is 4. The Kier molecular flexibility index (Phi) is 7.18. The van der Waals surface area contributed by atoms with E-state index in [1.807, 2.05) is 36.4 Å². The Balaban J connectivity index is 1.34. The lowest BCUT2D eigenvalue weighted by Gasteiger charge is -2.26. The lowest BCUT2D eigenvalue weighted by atomic mass is 10.1. The van der Waals surface area contributed by atoms with Gasteiger partial charge in [-0.25, -0.2) is 0 Å². The van der Waals surface area contributed by atoms with Crippen molar-refractivity contribution < 1.29 is 9.47 Å². The fraction of sp³-hybridized carbons (Fsp3) is 0.241. The topological polar surface area (TPSA) is 66.6 Å². The number of fused-ring (bicyclic) bond motifs is 2. The van der Waals surface area contributed by atoms with Crippen molar-refractivity contribution in [3.63, 3.8) is 0 Å². The Morgan fingerprint density at radius 2 is 1.75 bits per heavy atom. The van der Waals surface area contributed by atoms with Crippen LogP contribution >= 0.6 is 12.2 Å². The summed E-state index contributed by atoms with van der Waals surface area (Å²) in [6.07, 6.45) is 1.70. The normalized spacial score (nSPS) is 12.0. The van der Waals surface area contributed by atoms with Gasteiger partial charge in [-0.1, -0.05) is 60.2 Å². The highest BCUT2D eigenvalue weighted by Gasteiger charge is 2.17. The lowest BCUT2D eigenvalue weighted by Crippen LogP contribution is -2.42. The van der Waals surface area contributed by atoms with Crippen LogP contribution in [-0.4, -0.2) is 34.9 Å². The van der Waals surface area contributed by atoms with Crippen molar-refractivity contribution >= 4 is 28.2 Å². The minimum atomic E-state index is -0.131. The lowest BCUT2D eigenvalue weighted by molar-refractivity contribution is 0.174. The molecule has 2 N–H and O–H groups in total. The molecular formula is C29H29N3O3S. The Labute approximate surface area is 215 Å². The summed E-state index contributed by atoms with van der Waals surface area (Å²) in [5.74, 6) is 1.34. The van der Waals surface area contributed by atoms with Gasteiger partial charge >= 0.3 is 0 Å². The summed E-state index contributed by atoms with van der Waals surface area (Å²) in [5.41, 5.74) is 4.97. The van der Waals surface area contributed by atoms with Gasteiger partial charge in [-0.3, -0.25) is 4.79 Å². The van der Waals surface area contributed by atoms with Crippen molar-refractivity contribution in [2.45, 2.75) is 26.3 Å². The van der Waals surface area contributed by atoms with E-state index in [4.69, 9.17) is 21.7 Å². The zero-order valence-electron chi connectivity index (χ0n) is 20.3. The fourth-order valence-corrected chi connectivity index (χ4v) is 4.68. The number of aromatic nitrogens is 1. The third-order valence-corrected chi connectivity index (χ3v) is 6.75. The summed E-state index contributed by atoms with van der Waals surface area (Å²) >= 11 is 5.80. The van der Waals surface area contributed by atoms with E-state index in [0.717, 1.165) is 30.3 Å². The molecule has 0 saturated heterocycles. The molecule has 0 aliphatic carbocycles. The van der Waals surface area contributed by atoms with E-state index in [9.17, 15) is 4.79 Å². The number of aromatic amines is 1. The van der Waals surface area contributed by atoms with Crippen LogP contribution in [-0.2, 0) is 19.4 Å². The van der Waals surface area contributed by atoms with Crippen molar-refractivity contribution in [3.8, 4) is 11.5 Å². The molecule has 4 aromatic rings. The zero-order chi connectivity index (χ0) is 24.9. The number of hydrogen-bond donors (Lipinski definition) is 2. The van der Waals surface area contributed by atoms with Crippen molar-refractivity contribution in [2.75, 3.05) is 19.9 Å². The van der Waals surface area contributed by atoms with E-state index in [1.165, 1.54) is 16.7 Å². The molecular weight excluding hydrogens is 470 g/mol. The highest BCUT2D eigenvalue weighted by Crippen LogP contribution is 2.35. The maximum absolute atomic E-state index is 13.0. The standard InChI is InChI=1S/C29H29N3O3S/c1-20-6-5-9-22(14-20)11-13-32(29(36)30-12-10-21-7-3-2-4-8-21)18-24-15-23-16-26-27(35-19-34-26)17-25(23)31-28(24)33/h2-9,14-17H,10-13,18-19H2,1H3,(H,30,36)(H,31,33). The maximum Gasteiger partial charge on any atom is 0.253 e. The second-order valence-electron chi connectivity index (χ2n) is 9.04. The minimum Gasteiger partial charge on any atom is -0.454 e.